The van der Waals surface area contributed by atoms with Crippen molar-refractivity contribution < 1.29 is 13.6 Å². The molecule has 0 radical (unpaired) electrons. The summed E-state index contributed by atoms with van der Waals surface area (Å²) in [6.45, 7) is 0.651. The van der Waals surface area contributed by atoms with E-state index in [1.54, 1.807) is 0 Å². The highest BCUT2D eigenvalue weighted by atomic mass is 19.3. The number of alkyl halides is 2. The topological polar surface area (TPSA) is 38.5 Å². The number of nitrogens with zero attached hydrogens (tertiary/aromatic N) is 1. The Morgan fingerprint density at radius 2 is 2.31 bits per heavy atom. The quantitative estimate of drug-likeness (QED) is 0.677. The van der Waals surface area contributed by atoms with E-state index in [4.69, 9.17) is 0 Å². The molecule has 0 aromatic rings. The molecule has 1 saturated heterocycles. The minimum atomic E-state index is -2.79. The van der Waals surface area contributed by atoms with E-state index in [1.807, 2.05) is 11.9 Å². The first-order valence-corrected chi connectivity index (χ1v) is 4.44. The summed E-state index contributed by atoms with van der Waals surface area (Å²) in [5.41, 5.74) is 0. The van der Waals surface area contributed by atoms with Gasteiger partial charge in [-0.05, 0) is 26.4 Å². The van der Waals surface area contributed by atoms with Gasteiger partial charge >= 0.3 is 0 Å². The highest BCUT2D eigenvalue weighted by Gasteiger charge is 2.41. The molecule has 0 aromatic carbocycles. The van der Waals surface area contributed by atoms with Crippen molar-refractivity contribution in [1.82, 2.24) is 4.90 Å². The van der Waals surface area contributed by atoms with Gasteiger partial charge in [0.05, 0.1) is 0 Å². The second kappa shape index (κ2) is 4.30. The van der Waals surface area contributed by atoms with Gasteiger partial charge in [-0.15, -0.1) is 0 Å². The lowest BCUT2D eigenvalue weighted by atomic mass is 9.92. The molecule has 1 aliphatic rings. The molecular weight excluding hydrogens is 178 g/mol. The number of nitrogens with two attached hydrogens (primary N) is 1. The zero-order valence-corrected chi connectivity index (χ0v) is 7.80. The van der Waals surface area contributed by atoms with Gasteiger partial charge in [0.1, 0.15) is 6.61 Å². The van der Waals surface area contributed by atoms with E-state index in [1.165, 1.54) is 0 Å². The van der Waals surface area contributed by atoms with Crippen molar-refractivity contribution in [3.05, 3.63) is 0 Å². The molecule has 1 unspecified atom stereocenters. The van der Waals surface area contributed by atoms with Crippen LogP contribution < -0.4 is 5.90 Å². The molecule has 2 N–H and O–H groups in total. The Morgan fingerprint density at radius 3 is 2.85 bits per heavy atom. The second-order valence-corrected chi connectivity index (χ2v) is 3.67. The van der Waals surface area contributed by atoms with Gasteiger partial charge in [0.15, 0.2) is 0 Å². The fraction of sp³-hybridized carbons (Fsp3) is 1.00. The Kier molecular flexibility index (Phi) is 3.58. The first-order chi connectivity index (χ1) is 6.06. The van der Waals surface area contributed by atoms with Crippen molar-refractivity contribution in [1.29, 1.82) is 0 Å². The maximum Gasteiger partial charge on any atom is 0.276 e. The molecule has 0 aromatic heterocycles. The fourth-order valence-corrected chi connectivity index (χ4v) is 1.74. The van der Waals surface area contributed by atoms with E-state index in [2.05, 4.69) is 10.7 Å². The average Bonchev–Trinajstić information content (AvgIpc) is 2.04. The summed E-state index contributed by atoms with van der Waals surface area (Å²) in [5, 5.41) is 0. The summed E-state index contributed by atoms with van der Waals surface area (Å²) >= 11 is 0. The van der Waals surface area contributed by atoms with Gasteiger partial charge in [-0.2, -0.15) is 0 Å². The van der Waals surface area contributed by atoms with Gasteiger partial charge in [-0.3, -0.25) is 4.84 Å². The molecule has 5 heteroatoms. The maximum atomic E-state index is 13.3. The minimum Gasteiger partial charge on any atom is -0.306 e. The average molecular weight is 194 g/mol. The summed E-state index contributed by atoms with van der Waals surface area (Å²) in [6.07, 6.45) is 1.38. The van der Waals surface area contributed by atoms with Gasteiger partial charge in [-0.1, -0.05) is 0 Å². The molecule has 1 aliphatic heterocycles. The first-order valence-electron chi connectivity index (χ1n) is 4.44. The van der Waals surface area contributed by atoms with E-state index in [0.717, 1.165) is 13.0 Å². The summed E-state index contributed by atoms with van der Waals surface area (Å²) in [5.74, 6) is 1.26. The highest BCUT2D eigenvalue weighted by Crippen LogP contribution is 2.31. The van der Waals surface area contributed by atoms with Crippen LogP contribution >= 0.6 is 0 Å². The predicted octanol–water partition coefficient (Wildman–Crippen LogP) is 0.854. The van der Waals surface area contributed by atoms with Crippen LogP contribution in [0, 0.1) is 5.92 Å². The van der Waals surface area contributed by atoms with Crippen molar-refractivity contribution in [2.24, 2.45) is 11.8 Å². The fourth-order valence-electron chi connectivity index (χ4n) is 1.74. The number of hydrogen-bond donors (Lipinski definition) is 1. The Morgan fingerprint density at radius 1 is 1.62 bits per heavy atom. The third-order valence-corrected chi connectivity index (χ3v) is 2.50. The van der Waals surface area contributed by atoms with Crippen LogP contribution in [0.3, 0.4) is 0 Å². The molecule has 1 rings (SSSR count). The number of likely N-dealkylation sites (tertiary alicyclic amines) is 1. The van der Waals surface area contributed by atoms with Gasteiger partial charge < -0.3 is 4.90 Å². The van der Waals surface area contributed by atoms with Gasteiger partial charge in [0, 0.05) is 12.5 Å². The standard InChI is InChI=1S/C8H16F2N2O/c1-12-4-2-3-7(5-12)8(9,10)6-13-11/h7H,2-6,11H2,1H3. The van der Waals surface area contributed by atoms with Crippen LogP contribution in [0.2, 0.25) is 0 Å². The molecule has 1 atom stereocenters. The van der Waals surface area contributed by atoms with Crippen LogP contribution in [0.5, 0.6) is 0 Å². The van der Waals surface area contributed by atoms with Crippen LogP contribution in [-0.4, -0.2) is 37.6 Å². The lowest BCUT2D eigenvalue weighted by Crippen LogP contribution is -2.44. The highest BCUT2D eigenvalue weighted by molar-refractivity contribution is 4.82. The van der Waals surface area contributed by atoms with E-state index in [-0.39, 0.29) is 0 Å². The molecule has 0 bridgehead atoms. The van der Waals surface area contributed by atoms with Crippen molar-refractivity contribution >= 4 is 0 Å². The largest absolute Gasteiger partial charge is 0.306 e. The lowest BCUT2D eigenvalue weighted by Gasteiger charge is -2.34. The lowest BCUT2D eigenvalue weighted by molar-refractivity contribution is -0.131. The predicted molar refractivity (Wildman–Crippen MR) is 45.3 cm³/mol. The second-order valence-electron chi connectivity index (χ2n) is 3.67. The summed E-state index contributed by atoms with van der Waals surface area (Å²) in [4.78, 5) is 5.94. The minimum absolute atomic E-state index is 0.427. The van der Waals surface area contributed by atoms with Crippen molar-refractivity contribution in [3.63, 3.8) is 0 Å². The first kappa shape index (κ1) is 10.8. The van der Waals surface area contributed by atoms with Crippen LogP contribution in [0.4, 0.5) is 8.78 Å². The number of hydrogen-bond acceptors (Lipinski definition) is 3. The molecule has 0 saturated carbocycles. The molecule has 13 heavy (non-hydrogen) atoms. The summed E-state index contributed by atoms with van der Waals surface area (Å²) in [6, 6.07) is 0. The van der Waals surface area contributed by atoms with E-state index >= 15 is 0 Å². The smallest absolute Gasteiger partial charge is 0.276 e. The van der Waals surface area contributed by atoms with Crippen LogP contribution in [0.15, 0.2) is 0 Å². The van der Waals surface area contributed by atoms with Gasteiger partial charge in [-0.25, -0.2) is 14.7 Å². The van der Waals surface area contributed by atoms with Gasteiger partial charge in [0.25, 0.3) is 5.92 Å². The molecular formula is C8H16F2N2O. The molecule has 0 spiro atoms. The zero-order chi connectivity index (χ0) is 9.90. The van der Waals surface area contributed by atoms with Crippen LogP contribution in [0.1, 0.15) is 12.8 Å². The summed E-state index contributed by atoms with van der Waals surface area (Å²) < 4.78 is 26.5. The Balaban J connectivity index is 2.48. The van der Waals surface area contributed by atoms with Crippen molar-refractivity contribution in [2.75, 3.05) is 26.7 Å². The van der Waals surface area contributed by atoms with Crippen molar-refractivity contribution in [2.45, 2.75) is 18.8 Å². The monoisotopic (exact) mass is 194 g/mol. The number of halogens is 2. The molecule has 1 fully saturated rings. The third kappa shape index (κ3) is 2.86. The molecule has 3 nitrogen and oxygen atoms in total. The molecule has 78 valence electrons. The Hall–Kier alpha value is -0.260. The van der Waals surface area contributed by atoms with Crippen LogP contribution in [0.25, 0.3) is 0 Å². The summed E-state index contributed by atoms with van der Waals surface area (Å²) in [7, 11) is 1.85. The third-order valence-electron chi connectivity index (χ3n) is 2.50. The Labute approximate surface area is 76.8 Å². The van der Waals surface area contributed by atoms with E-state index < -0.39 is 18.4 Å². The SMILES string of the molecule is CN1CCCC(C(F)(F)CON)C1. The van der Waals surface area contributed by atoms with E-state index in [0.29, 0.717) is 13.0 Å². The maximum absolute atomic E-state index is 13.3. The molecule has 1 heterocycles. The van der Waals surface area contributed by atoms with Gasteiger partial charge in [0.2, 0.25) is 0 Å². The van der Waals surface area contributed by atoms with E-state index in [9.17, 15) is 8.78 Å². The normalized spacial score (nSPS) is 26.3. The zero-order valence-electron chi connectivity index (χ0n) is 7.80. The Bertz CT molecular complexity index is 166. The van der Waals surface area contributed by atoms with Crippen LogP contribution in [-0.2, 0) is 4.84 Å². The molecule has 0 amide bonds. The number of piperidine rings is 1. The van der Waals surface area contributed by atoms with Crippen molar-refractivity contribution in [3.8, 4) is 0 Å². The molecule has 0 aliphatic carbocycles. The number of rotatable bonds is 3.